The number of nitrogens with zero attached hydrogens (tertiary/aromatic N) is 1. The Labute approximate surface area is 78.0 Å². The lowest BCUT2D eigenvalue weighted by Gasteiger charge is -2.04. The Morgan fingerprint density at radius 2 is 2.08 bits per heavy atom. The number of rotatable bonds is 1. The molecule has 2 rings (SSSR count). The number of nitrogens with one attached hydrogen (secondary N) is 1. The summed E-state index contributed by atoms with van der Waals surface area (Å²) in [7, 11) is 0. The van der Waals surface area contributed by atoms with Crippen LogP contribution < -0.4 is 0 Å². The lowest BCUT2D eigenvalue weighted by Crippen LogP contribution is -1.88. The standard InChI is InChI=1S/C11H14N2/c1-7(2)10-5-12-6-11-9(10)4-8(3)13-11/h4-7,13H,1-3H3. The largest absolute Gasteiger partial charge is 0.357 e. The maximum absolute atomic E-state index is 4.22. The molecule has 0 bridgehead atoms. The number of aryl methyl sites for hydroxylation is 1. The number of hydrogen-bond donors (Lipinski definition) is 1. The first-order valence-electron chi connectivity index (χ1n) is 4.61. The van der Waals surface area contributed by atoms with Crippen molar-refractivity contribution in [2.45, 2.75) is 26.7 Å². The molecule has 68 valence electrons. The minimum atomic E-state index is 0.534. The van der Waals surface area contributed by atoms with E-state index in [1.54, 1.807) is 0 Å². The second-order valence-corrected chi connectivity index (χ2v) is 3.80. The highest BCUT2D eigenvalue weighted by Gasteiger charge is 2.06. The molecule has 0 saturated heterocycles. The Balaban J connectivity index is 2.75. The minimum absolute atomic E-state index is 0.534. The molecule has 0 aliphatic rings. The molecule has 0 atom stereocenters. The molecule has 0 fully saturated rings. The zero-order valence-electron chi connectivity index (χ0n) is 8.26. The van der Waals surface area contributed by atoms with Crippen molar-refractivity contribution in [3.05, 3.63) is 29.7 Å². The summed E-state index contributed by atoms with van der Waals surface area (Å²) >= 11 is 0. The van der Waals surface area contributed by atoms with E-state index in [1.807, 2.05) is 12.4 Å². The molecular weight excluding hydrogens is 160 g/mol. The zero-order chi connectivity index (χ0) is 9.42. The van der Waals surface area contributed by atoms with Crippen LogP contribution in [0.1, 0.15) is 31.0 Å². The Bertz CT molecular complexity index is 427. The van der Waals surface area contributed by atoms with Crippen molar-refractivity contribution < 1.29 is 0 Å². The van der Waals surface area contributed by atoms with Crippen molar-refractivity contribution in [1.82, 2.24) is 9.97 Å². The second kappa shape index (κ2) is 2.87. The molecule has 2 aromatic rings. The molecule has 2 heterocycles. The molecule has 2 nitrogen and oxygen atoms in total. The van der Waals surface area contributed by atoms with E-state index < -0.39 is 0 Å². The van der Waals surface area contributed by atoms with Gasteiger partial charge in [-0.2, -0.15) is 0 Å². The molecule has 1 N–H and O–H groups in total. The smallest absolute Gasteiger partial charge is 0.0645 e. The van der Waals surface area contributed by atoms with E-state index in [4.69, 9.17) is 0 Å². The molecule has 0 spiro atoms. The van der Waals surface area contributed by atoms with Crippen LogP contribution in [-0.4, -0.2) is 9.97 Å². The van der Waals surface area contributed by atoms with E-state index >= 15 is 0 Å². The van der Waals surface area contributed by atoms with Gasteiger partial charge in [0.25, 0.3) is 0 Å². The van der Waals surface area contributed by atoms with Crippen molar-refractivity contribution in [3.8, 4) is 0 Å². The van der Waals surface area contributed by atoms with Crippen LogP contribution >= 0.6 is 0 Å². The molecule has 2 aromatic heterocycles. The van der Waals surface area contributed by atoms with Crippen molar-refractivity contribution in [1.29, 1.82) is 0 Å². The summed E-state index contributed by atoms with van der Waals surface area (Å²) in [4.78, 5) is 7.51. The van der Waals surface area contributed by atoms with Crippen molar-refractivity contribution in [2.24, 2.45) is 0 Å². The predicted molar refractivity (Wildman–Crippen MR) is 54.9 cm³/mol. The fourth-order valence-corrected chi connectivity index (χ4v) is 1.67. The summed E-state index contributed by atoms with van der Waals surface area (Å²) in [6.07, 6.45) is 3.84. The van der Waals surface area contributed by atoms with Gasteiger partial charge in [0.1, 0.15) is 0 Å². The maximum atomic E-state index is 4.22. The predicted octanol–water partition coefficient (Wildman–Crippen LogP) is 2.99. The fraction of sp³-hybridized carbons (Fsp3) is 0.364. The van der Waals surface area contributed by atoms with Crippen molar-refractivity contribution >= 4 is 10.9 Å². The highest BCUT2D eigenvalue weighted by atomic mass is 14.7. The molecule has 0 aliphatic heterocycles. The minimum Gasteiger partial charge on any atom is -0.357 e. The van der Waals surface area contributed by atoms with Gasteiger partial charge in [-0.1, -0.05) is 13.8 Å². The van der Waals surface area contributed by atoms with Crippen LogP contribution in [0.2, 0.25) is 0 Å². The van der Waals surface area contributed by atoms with Crippen molar-refractivity contribution in [3.63, 3.8) is 0 Å². The van der Waals surface area contributed by atoms with Gasteiger partial charge >= 0.3 is 0 Å². The van der Waals surface area contributed by atoms with Crippen LogP contribution in [-0.2, 0) is 0 Å². The monoisotopic (exact) mass is 174 g/mol. The van der Waals surface area contributed by atoms with Crippen LogP contribution in [0.25, 0.3) is 10.9 Å². The van der Waals surface area contributed by atoms with Crippen LogP contribution in [0.3, 0.4) is 0 Å². The van der Waals surface area contributed by atoms with Gasteiger partial charge in [-0.25, -0.2) is 0 Å². The summed E-state index contributed by atoms with van der Waals surface area (Å²) in [5.41, 5.74) is 3.66. The Hall–Kier alpha value is -1.31. The van der Waals surface area contributed by atoms with Gasteiger partial charge in [0.15, 0.2) is 0 Å². The van der Waals surface area contributed by atoms with Gasteiger partial charge in [0.2, 0.25) is 0 Å². The van der Waals surface area contributed by atoms with Gasteiger partial charge < -0.3 is 4.98 Å². The molecule has 0 saturated carbocycles. The quantitative estimate of drug-likeness (QED) is 0.707. The summed E-state index contributed by atoms with van der Waals surface area (Å²) in [6.45, 7) is 6.46. The normalized spacial score (nSPS) is 11.4. The molecule has 0 unspecified atom stereocenters. The number of pyridine rings is 1. The average molecular weight is 174 g/mol. The molecule has 13 heavy (non-hydrogen) atoms. The van der Waals surface area contributed by atoms with Gasteiger partial charge in [-0.05, 0) is 24.5 Å². The van der Waals surface area contributed by atoms with Gasteiger partial charge in [-0.3, -0.25) is 4.98 Å². The maximum Gasteiger partial charge on any atom is 0.0645 e. The van der Waals surface area contributed by atoms with E-state index in [-0.39, 0.29) is 0 Å². The number of aromatic nitrogens is 2. The Morgan fingerprint density at radius 3 is 2.77 bits per heavy atom. The highest BCUT2D eigenvalue weighted by molar-refractivity contribution is 5.83. The summed E-state index contributed by atoms with van der Waals surface area (Å²) in [6, 6.07) is 2.19. The number of H-pyrrole nitrogens is 1. The third kappa shape index (κ3) is 1.32. The molecule has 0 radical (unpaired) electrons. The topological polar surface area (TPSA) is 28.7 Å². The zero-order valence-corrected chi connectivity index (χ0v) is 8.26. The number of fused-ring (bicyclic) bond motifs is 1. The third-order valence-electron chi connectivity index (χ3n) is 2.33. The van der Waals surface area contributed by atoms with Crippen LogP contribution in [0, 0.1) is 6.92 Å². The third-order valence-corrected chi connectivity index (χ3v) is 2.33. The van der Waals surface area contributed by atoms with E-state index in [0.29, 0.717) is 5.92 Å². The number of aromatic amines is 1. The molecule has 0 amide bonds. The fourth-order valence-electron chi connectivity index (χ4n) is 1.67. The van der Waals surface area contributed by atoms with E-state index in [2.05, 4.69) is 36.8 Å². The van der Waals surface area contributed by atoms with E-state index in [0.717, 1.165) is 5.52 Å². The van der Waals surface area contributed by atoms with Gasteiger partial charge in [0, 0.05) is 17.3 Å². The van der Waals surface area contributed by atoms with E-state index in [1.165, 1.54) is 16.6 Å². The van der Waals surface area contributed by atoms with Crippen molar-refractivity contribution in [2.75, 3.05) is 0 Å². The lowest BCUT2D eigenvalue weighted by atomic mass is 10.0. The molecule has 0 aromatic carbocycles. The molecule has 2 heteroatoms. The molecule has 0 aliphatic carbocycles. The first-order valence-corrected chi connectivity index (χ1v) is 4.61. The number of hydrogen-bond acceptors (Lipinski definition) is 1. The van der Waals surface area contributed by atoms with Crippen LogP contribution in [0.15, 0.2) is 18.5 Å². The van der Waals surface area contributed by atoms with Crippen LogP contribution in [0.4, 0.5) is 0 Å². The van der Waals surface area contributed by atoms with Crippen LogP contribution in [0.5, 0.6) is 0 Å². The Kier molecular flexibility index (Phi) is 1.83. The van der Waals surface area contributed by atoms with E-state index in [9.17, 15) is 0 Å². The highest BCUT2D eigenvalue weighted by Crippen LogP contribution is 2.24. The SMILES string of the molecule is Cc1cc2c(C(C)C)cncc2[nH]1. The molecular formula is C11H14N2. The first kappa shape index (κ1) is 8.30. The first-order chi connectivity index (χ1) is 6.18. The summed E-state index contributed by atoms with van der Waals surface area (Å²) in [5.74, 6) is 0.534. The second-order valence-electron chi connectivity index (χ2n) is 3.80. The average Bonchev–Trinajstić information content (AvgIpc) is 2.43. The summed E-state index contributed by atoms with van der Waals surface area (Å²) in [5, 5.41) is 1.31. The Morgan fingerprint density at radius 1 is 1.31 bits per heavy atom. The summed E-state index contributed by atoms with van der Waals surface area (Å²) < 4.78 is 0. The van der Waals surface area contributed by atoms with Gasteiger partial charge in [0.05, 0.1) is 11.7 Å². The van der Waals surface area contributed by atoms with Gasteiger partial charge in [-0.15, -0.1) is 0 Å². The lowest BCUT2D eigenvalue weighted by molar-refractivity contribution is 0.869.